The van der Waals surface area contributed by atoms with Crippen molar-refractivity contribution in [1.82, 2.24) is 0 Å². The predicted molar refractivity (Wildman–Crippen MR) is 308 cm³/mol. The highest BCUT2D eigenvalue weighted by Gasteiger charge is 2.35. The molecule has 1 nitrogen and oxygen atoms in total. The lowest BCUT2D eigenvalue weighted by Gasteiger charge is -2.28. The Kier molecular flexibility index (Phi) is 10.6. The van der Waals surface area contributed by atoms with Gasteiger partial charge in [0.15, 0.2) is 0 Å². The molecule has 0 saturated heterocycles. The van der Waals surface area contributed by atoms with Gasteiger partial charge in [0.05, 0.1) is 0 Å². The van der Waals surface area contributed by atoms with E-state index >= 15 is 0 Å². The van der Waals surface area contributed by atoms with Crippen LogP contribution in [0.2, 0.25) is 0 Å². The lowest BCUT2D eigenvalue weighted by atomic mass is 9.82. The summed E-state index contributed by atoms with van der Waals surface area (Å²) in [7, 11) is 0. The minimum absolute atomic E-state index is 0.0734. The summed E-state index contributed by atoms with van der Waals surface area (Å²) in [6.45, 7) is 4.69. The Labute approximate surface area is 422 Å². The van der Waals surface area contributed by atoms with E-state index in [2.05, 4.69) is 292 Å². The quantitative estimate of drug-likeness (QED) is 0.103. The maximum Gasteiger partial charge on any atom is 0.0465 e. The molecule has 0 spiro atoms. The Morgan fingerprint density at radius 3 is 1.40 bits per heavy atom. The molecule has 0 saturated carbocycles. The third-order valence-electron chi connectivity index (χ3n) is 15.0. The van der Waals surface area contributed by atoms with E-state index in [0.29, 0.717) is 0 Å². The van der Waals surface area contributed by atoms with Crippen LogP contribution in [0, 0.1) is 0 Å². The smallest absolute Gasteiger partial charge is 0.0465 e. The number of benzene rings is 12. The van der Waals surface area contributed by atoms with Crippen LogP contribution < -0.4 is 4.90 Å². The standard InChI is InChI=1S/C71H51N/c1-71(2)67-28-16-15-23-60(67)61-44-43-58(47-68(61)71)72(56-20-7-4-8-21-56)57-41-33-49(34-42-57)30-29-48-31-35-51(36-32-48)52-37-39-53(40-38-52)69-62-24-11-13-26-64(62)70(65-27-14-12-25-63(65)69)66-46-55(50-17-5-3-6-18-50)45-54-19-9-10-22-59(54)66/h3-47H,1-2H3/b30-29+. The second-order valence-electron chi connectivity index (χ2n) is 19.6. The summed E-state index contributed by atoms with van der Waals surface area (Å²) in [6.07, 6.45) is 4.41. The molecular formula is C71H51N. The molecule has 1 aliphatic rings. The third kappa shape index (κ3) is 7.50. The van der Waals surface area contributed by atoms with Gasteiger partial charge in [0.2, 0.25) is 0 Å². The molecule has 1 aliphatic carbocycles. The molecule has 0 amide bonds. The van der Waals surface area contributed by atoms with Gasteiger partial charge in [-0.25, -0.2) is 0 Å². The molecule has 0 heterocycles. The van der Waals surface area contributed by atoms with Gasteiger partial charge in [-0.05, 0) is 159 Å². The molecule has 12 aromatic carbocycles. The summed E-state index contributed by atoms with van der Waals surface area (Å²) in [5, 5.41) is 7.51. The average Bonchev–Trinajstić information content (AvgIpc) is 3.67. The maximum absolute atomic E-state index is 2.40. The number of hydrogen-bond acceptors (Lipinski definition) is 1. The first-order chi connectivity index (χ1) is 35.5. The fourth-order valence-corrected chi connectivity index (χ4v) is 11.4. The van der Waals surface area contributed by atoms with Crippen LogP contribution in [0.25, 0.3) is 100 Å². The Morgan fingerprint density at radius 2 is 0.750 bits per heavy atom. The van der Waals surface area contributed by atoms with Crippen molar-refractivity contribution in [2.45, 2.75) is 19.3 Å². The summed E-state index contributed by atoms with van der Waals surface area (Å²) >= 11 is 0. The van der Waals surface area contributed by atoms with E-state index in [4.69, 9.17) is 0 Å². The Morgan fingerprint density at radius 1 is 0.292 bits per heavy atom. The minimum Gasteiger partial charge on any atom is -0.310 e. The van der Waals surface area contributed by atoms with E-state index in [1.165, 1.54) is 99.1 Å². The van der Waals surface area contributed by atoms with Gasteiger partial charge in [-0.3, -0.25) is 0 Å². The number of anilines is 3. The van der Waals surface area contributed by atoms with Gasteiger partial charge in [-0.2, -0.15) is 0 Å². The maximum atomic E-state index is 2.40. The molecule has 13 rings (SSSR count). The zero-order chi connectivity index (χ0) is 48.2. The van der Waals surface area contributed by atoms with Crippen LogP contribution in [-0.4, -0.2) is 0 Å². The van der Waals surface area contributed by atoms with Crippen molar-refractivity contribution >= 4 is 61.5 Å². The van der Waals surface area contributed by atoms with Crippen LogP contribution >= 0.6 is 0 Å². The van der Waals surface area contributed by atoms with Crippen LogP contribution in [0.1, 0.15) is 36.1 Å². The first-order valence-electron chi connectivity index (χ1n) is 25.1. The molecule has 340 valence electrons. The van der Waals surface area contributed by atoms with E-state index in [0.717, 1.165) is 28.2 Å². The van der Waals surface area contributed by atoms with Crippen molar-refractivity contribution in [3.05, 3.63) is 283 Å². The van der Waals surface area contributed by atoms with E-state index in [-0.39, 0.29) is 5.41 Å². The second-order valence-corrected chi connectivity index (χ2v) is 19.6. The monoisotopic (exact) mass is 917 g/mol. The van der Waals surface area contributed by atoms with E-state index < -0.39 is 0 Å². The van der Waals surface area contributed by atoms with Gasteiger partial charge in [0, 0.05) is 22.5 Å². The van der Waals surface area contributed by atoms with Gasteiger partial charge < -0.3 is 4.90 Å². The molecule has 0 aromatic heterocycles. The summed E-state index contributed by atoms with van der Waals surface area (Å²) in [5.74, 6) is 0. The van der Waals surface area contributed by atoms with E-state index in [9.17, 15) is 0 Å². The van der Waals surface area contributed by atoms with Gasteiger partial charge in [0.25, 0.3) is 0 Å². The van der Waals surface area contributed by atoms with Crippen molar-refractivity contribution in [3.8, 4) is 55.6 Å². The first-order valence-corrected chi connectivity index (χ1v) is 25.1. The fourth-order valence-electron chi connectivity index (χ4n) is 11.4. The van der Waals surface area contributed by atoms with E-state index in [1.54, 1.807) is 0 Å². The van der Waals surface area contributed by atoms with Crippen molar-refractivity contribution in [1.29, 1.82) is 0 Å². The molecule has 0 aliphatic heterocycles. The zero-order valence-electron chi connectivity index (χ0n) is 40.4. The number of rotatable bonds is 9. The Hall–Kier alpha value is -9.04. The number of hydrogen-bond donors (Lipinski definition) is 0. The molecular weight excluding hydrogens is 867 g/mol. The molecule has 0 N–H and O–H groups in total. The van der Waals surface area contributed by atoms with Gasteiger partial charge in [-0.1, -0.05) is 238 Å². The van der Waals surface area contributed by atoms with Crippen LogP contribution in [0.5, 0.6) is 0 Å². The highest BCUT2D eigenvalue weighted by molar-refractivity contribution is 6.24. The van der Waals surface area contributed by atoms with Crippen LogP contribution in [-0.2, 0) is 5.41 Å². The predicted octanol–water partition coefficient (Wildman–Crippen LogP) is 19.8. The summed E-state index contributed by atoms with van der Waals surface area (Å²) in [6, 6.07) is 95.7. The zero-order valence-corrected chi connectivity index (χ0v) is 40.4. The largest absolute Gasteiger partial charge is 0.310 e. The topological polar surface area (TPSA) is 3.24 Å². The normalized spacial score (nSPS) is 12.6. The summed E-state index contributed by atoms with van der Waals surface area (Å²) in [4.78, 5) is 2.37. The minimum atomic E-state index is -0.0734. The van der Waals surface area contributed by atoms with Crippen LogP contribution in [0.4, 0.5) is 17.1 Å². The molecule has 72 heavy (non-hydrogen) atoms. The van der Waals surface area contributed by atoms with Gasteiger partial charge in [-0.15, -0.1) is 0 Å². The summed E-state index contributed by atoms with van der Waals surface area (Å²) < 4.78 is 0. The number of nitrogens with zero attached hydrogens (tertiary/aromatic N) is 1. The lowest BCUT2D eigenvalue weighted by Crippen LogP contribution is -2.16. The molecule has 0 atom stereocenters. The molecule has 0 bridgehead atoms. The van der Waals surface area contributed by atoms with Gasteiger partial charge in [0.1, 0.15) is 0 Å². The van der Waals surface area contributed by atoms with Crippen molar-refractivity contribution < 1.29 is 0 Å². The third-order valence-corrected chi connectivity index (χ3v) is 15.0. The van der Waals surface area contributed by atoms with E-state index in [1.807, 2.05) is 0 Å². The molecule has 12 aromatic rings. The highest BCUT2D eigenvalue weighted by Crippen LogP contribution is 2.51. The van der Waals surface area contributed by atoms with Crippen molar-refractivity contribution in [3.63, 3.8) is 0 Å². The highest BCUT2D eigenvalue weighted by atomic mass is 15.1. The Bertz CT molecular complexity index is 3960. The second kappa shape index (κ2) is 17.7. The average molecular weight is 918 g/mol. The molecule has 0 radical (unpaired) electrons. The van der Waals surface area contributed by atoms with Gasteiger partial charge >= 0.3 is 0 Å². The molecule has 0 unspecified atom stereocenters. The molecule has 0 fully saturated rings. The lowest BCUT2D eigenvalue weighted by molar-refractivity contribution is 0.660. The number of fused-ring (bicyclic) bond motifs is 6. The molecule has 1 heteroatoms. The first kappa shape index (κ1) is 43.0. The SMILES string of the molecule is CC1(C)c2ccccc2-c2ccc(N(c3ccccc3)c3ccc(/C=C/c4ccc(-c5ccc(-c6c7ccccc7c(-c7cc(-c8ccccc8)cc8ccccc78)c7ccccc67)cc5)cc4)cc3)cc21. The van der Waals surface area contributed by atoms with Crippen LogP contribution in [0.3, 0.4) is 0 Å². The summed E-state index contributed by atoms with van der Waals surface area (Å²) in [5.41, 5.74) is 20.9. The van der Waals surface area contributed by atoms with Crippen molar-refractivity contribution in [2.75, 3.05) is 4.90 Å². The Balaban J connectivity index is 0.779. The van der Waals surface area contributed by atoms with Crippen LogP contribution in [0.15, 0.2) is 261 Å². The fraction of sp³-hybridized carbons (Fsp3) is 0.0423. The number of para-hydroxylation sites is 1. The van der Waals surface area contributed by atoms with Crippen molar-refractivity contribution in [2.24, 2.45) is 0 Å².